The molecule has 0 saturated carbocycles. The van der Waals surface area contributed by atoms with Gasteiger partial charge in [0.2, 0.25) is 0 Å². The van der Waals surface area contributed by atoms with Crippen LogP contribution < -0.4 is 10.6 Å². The Morgan fingerprint density at radius 2 is 2.23 bits per heavy atom. The van der Waals surface area contributed by atoms with Crippen LogP contribution in [0.4, 0.5) is 0 Å². The number of carbonyl (C=O) groups excluding carboxylic acids is 1. The quantitative estimate of drug-likeness (QED) is 0.834. The van der Waals surface area contributed by atoms with Gasteiger partial charge in [-0.1, -0.05) is 48.2 Å². The molecule has 5 heteroatoms. The Bertz CT molecular complexity index is 708. The number of fused-ring (bicyclic) bond motifs is 2. The van der Waals surface area contributed by atoms with Gasteiger partial charge >= 0.3 is 0 Å². The van der Waals surface area contributed by atoms with Crippen molar-refractivity contribution in [3.05, 3.63) is 59.2 Å². The number of hydrogen-bond donors (Lipinski definition) is 2. The first kappa shape index (κ1) is 13.8. The SMILES string of the molecule is O=C(NC1=NC2C=CC=CC2S1)c1cccc2c1CNCC2. The van der Waals surface area contributed by atoms with Crippen LogP contribution in [0.1, 0.15) is 21.5 Å². The smallest absolute Gasteiger partial charge is 0.257 e. The molecule has 3 aliphatic rings. The average molecular weight is 311 g/mol. The maximum absolute atomic E-state index is 12.6. The summed E-state index contributed by atoms with van der Waals surface area (Å²) in [5.74, 6) is -0.0570. The minimum absolute atomic E-state index is 0.0570. The van der Waals surface area contributed by atoms with Crippen LogP contribution in [-0.4, -0.2) is 28.9 Å². The number of aliphatic imine (C=N–C) groups is 1. The summed E-state index contributed by atoms with van der Waals surface area (Å²) in [6.45, 7) is 1.73. The molecule has 22 heavy (non-hydrogen) atoms. The van der Waals surface area contributed by atoms with E-state index in [0.717, 1.165) is 35.8 Å². The number of benzene rings is 1. The minimum atomic E-state index is -0.0570. The Kier molecular flexibility index (Phi) is 3.60. The summed E-state index contributed by atoms with van der Waals surface area (Å²) >= 11 is 1.62. The highest BCUT2D eigenvalue weighted by Crippen LogP contribution is 2.30. The third kappa shape index (κ3) is 2.51. The molecule has 4 rings (SSSR count). The molecule has 1 aliphatic carbocycles. The number of thioether (sulfide) groups is 1. The Morgan fingerprint density at radius 3 is 3.14 bits per heavy atom. The molecule has 4 nitrogen and oxygen atoms in total. The predicted octanol–water partition coefficient (Wildman–Crippen LogP) is 2.03. The Labute approximate surface area is 133 Å². The van der Waals surface area contributed by atoms with Gasteiger partial charge in [-0.3, -0.25) is 9.79 Å². The average Bonchev–Trinajstić information content (AvgIpc) is 2.96. The second kappa shape index (κ2) is 5.74. The number of allylic oxidation sites excluding steroid dienone is 2. The van der Waals surface area contributed by atoms with E-state index >= 15 is 0 Å². The van der Waals surface area contributed by atoms with Crippen molar-refractivity contribution >= 4 is 22.8 Å². The lowest BCUT2D eigenvalue weighted by molar-refractivity contribution is 0.0976. The standard InChI is InChI=1S/C17H17N3OS/c21-16(12-5-3-4-11-8-9-18-10-13(11)12)20-17-19-14-6-1-2-7-15(14)22-17/h1-7,14-15,18H,8-10H2,(H,19,20,21). The van der Waals surface area contributed by atoms with Gasteiger partial charge in [-0.25, -0.2) is 0 Å². The first-order valence-corrected chi connectivity index (χ1v) is 8.41. The van der Waals surface area contributed by atoms with E-state index in [-0.39, 0.29) is 11.9 Å². The number of rotatable bonds is 1. The van der Waals surface area contributed by atoms with Crippen molar-refractivity contribution in [2.75, 3.05) is 6.54 Å². The highest BCUT2D eigenvalue weighted by molar-refractivity contribution is 8.14. The molecule has 1 aromatic carbocycles. The second-order valence-corrected chi connectivity index (χ2v) is 6.77. The first-order valence-electron chi connectivity index (χ1n) is 7.53. The lowest BCUT2D eigenvalue weighted by Crippen LogP contribution is -2.31. The molecule has 0 fully saturated rings. The van der Waals surface area contributed by atoms with Crippen LogP contribution in [0.15, 0.2) is 47.5 Å². The van der Waals surface area contributed by atoms with E-state index in [2.05, 4.69) is 33.8 Å². The summed E-state index contributed by atoms with van der Waals surface area (Å²) in [5.41, 5.74) is 3.15. The van der Waals surface area contributed by atoms with Gasteiger partial charge in [0.05, 0.1) is 11.3 Å². The molecule has 0 bridgehead atoms. The molecule has 0 saturated heterocycles. The van der Waals surface area contributed by atoms with E-state index in [1.54, 1.807) is 11.8 Å². The molecule has 0 aromatic heterocycles. The molecule has 0 radical (unpaired) electrons. The molecule has 2 N–H and O–H groups in total. The predicted molar refractivity (Wildman–Crippen MR) is 90.2 cm³/mol. The normalized spacial score (nSPS) is 25.4. The highest BCUT2D eigenvalue weighted by Gasteiger charge is 2.29. The molecular weight excluding hydrogens is 294 g/mol. The monoisotopic (exact) mass is 311 g/mol. The van der Waals surface area contributed by atoms with E-state index < -0.39 is 0 Å². The van der Waals surface area contributed by atoms with Crippen LogP contribution in [0.2, 0.25) is 0 Å². The van der Waals surface area contributed by atoms with Gasteiger partial charge in [0, 0.05) is 12.1 Å². The van der Waals surface area contributed by atoms with Crippen LogP contribution in [-0.2, 0) is 13.0 Å². The zero-order chi connectivity index (χ0) is 14.9. The summed E-state index contributed by atoms with van der Waals surface area (Å²) in [5, 5.41) is 7.35. The Balaban J connectivity index is 1.54. The third-order valence-corrected chi connectivity index (χ3v) is 5.32. The van der Waals surface area contributed by atoms with E-state index in [4.69, 9.17) is 0 Å². The summed E-state index contributed by atoms with van der Waals surface area (Å²) in [4.78, 5) is 17.2. The lowest BCUT2D eigenvalue weighted by Gasteiger charge is -2.19. The van der Waals surface area contributed by atoms with Crippen LogP contribution in [0, 0.1) is 0 Å². The zero-order valence-corrected chi connectivity index (χ0v) is 12.9. The number of hydrogen-bond acceptors (Lipinski definition) is 4. The van der Waals surface area contributed by atoms with Crippen molar-refractivity contribution in [3.63, 3.8) is 0 Å². The summed E-state index contributed by atoms with van der Waals surface area (Å²) < 4.78 is 0. The van der Waals surface area contributed by atoms with Gasteiger partial charge < -0.3 is 10.6 Å². The molecule has 2 heterocycles. The minimum Gasteiger partial charge on any atom is -0.312 e. The van der Waals surface area contributed by atoms with E-state index in [1.165, 1.54) is 5.56 Å². The maximum Gasteiger partial charge on any atom is 0.257 e. The van der Waals surface area contributed by atoms with Crippen LogP contribution in [0.25, 0.3) is 0 Å². The first-order chi connectivity index (χ1) is 10.8. The fraction of sp³-hybridized carbons (Fsp3) is 0.294. The number of amides is 1. The van der Waals surface area contributed by atoms with Crippen molar-refractivity contribution in [1.29, 1.82) is 0 Å². The Morgan fingerprint density at radius 1 is 1.32 bits per heavy atom. The van der Waals surface area contributed by atoms with Gasteiger partial charge in [0.15, 0.2) is 5.17 Å². The number of nitrogens with zero attached hydrogens (tertiary/aromatic N) is 1. The number of carbonyl (C=O) groups is 1. The summed E-state index contributed by atoms with van der Waals surface area (Å²) in [6, 6.07) is 6.12. The molecule has 2 aliphatic heterocycles. The summed E-state index contributed by atoms with van der Waals surface area (Å²) in [7, 11) is 0. The van der Waals surface area contributed by atoms with E-state index in [0.29, 0.717) is 5.25 Å². The fourth-order valence-corrected chi connectivity index (χ4v) is 4.10. The van der Waals surface area contributed by atoms with Crippen LogP contribution in [0.3, 0.4) is 0 Å². The van der Waals surface area contributed by atoms with Crippen molar-refractivity contribution in [1.82, 2.24) is 10.6 Å². The van der Waals surface area contributed by atoms with Gasteiger partial charge in [0.1, 0.15) is 0 Å². The van der Waals surface area contributed by atoms with Gasteiger partial charge in [-0.05, 0) is 30.2 Å². The molecular formula is C17H17N3OS. The molecule has 2 atom stereocenters. The van der Waals surface area contributed by atoms with Crippen LogP contribution in [0.5, 0.6) is 0 Å². The fourth-order valence-electron chi connectivity index (χ4n) is 3.05. The van der Waals surface area contributed by atoms with E-state index in [9.17, 15) is 4.79 Å². The lowest BCUT2D eigenvalue weighted by atomic mass is 9.95. The second-order valence-electron chi connectivity index (χ2n) is 5.60. The topological polar surface area (TPSA) is 53.5 Å². The highest BCUT2D eigenvalue weighted by atomic mass is 32.2. The summed E-state index contributed by atoms with van der Waals surface area (Å²) in [6.07, 6.45) is 9.23. The van der Waals surface area contributed by atoms with Crippen molar-refractivity contribution in [3.8, 4) is 0 Å². The molecule has 112 valence electrons. The van der Waals surface area contributed by atoms with Gasteiger partial charge in [-0.2, -0.15) is 0 Å². The van der Waals surface area contributed by atoms with Crippen LogP contribution >= 0.6 is 11.8 Å². The number of nitrogens with one attached hydrogen (secondary N) is 2. The van der Waals surface area contributed by atoms with Crippen molar-refractivity contribution in [2.45, 2.75) is 24.3 Å². The van der Waals surface area contributed by atoms with Gasteiger partial charge in [-0.15, -0.1) is 0 Å². The van der Waals surface area contributed by atoms with E-state index in [1.807, 2.05) is 24.3 Å². The van der Waals surface area contributed by atoms with Gasteiger partial charge in [0.25, 0.3) is 5.91 Å². The maximum atomic E-state index is 12.6. The molecule has 1 amide bonds. The largest absolute Gasteiger partial charge is 0.312 e. The van der Waals surface area contributed by atoms with Crippen molar-refractivity contribution < 1.29 is 4.79 Å². The molecule has 0 spiro atoms. The third-order valence-electron chi connectivity index (χ3n) is 4.18. The molecule has 2 unspecified atom stereocenters. The Hall–Kier alpha value is -1.85. The number of amidine groups is 1. The zero-order valence-electron chi connectivity index (χ0n) is 12.1. The molecule has 1 aromatic rings. The van der Waals surface area contributed by atoms with Crippen molar-refractivity contribution in [2.24, 2.45) is 4.99 Å².